The van der Waals surface area contributed by atoms with Crippen molar-refractivity contribution in [3.63, 3.8) is 0 Å². The van der Waals surface area contributed by atoms with E-state index in [0.717, 1.165) is 5.56 Å². The lowest BCUT2D eigenvalue weighted by Gasteiger charge is -2.15. The third kappa shape index (κ3) is 4.72. The van der Waals surface area contributed by atoms with Crippen LogP contribution < -0.4 is 9.47 Å². The summed E-state index contributed by atoms with van der Waals surface area (Å²) in [6.45, 7) is 0.429. The molecule has 1 unspecified atom stereocenters. The van der Waals surface area contributed by atoms with Crippen LogP contribution in [0.1, 0.15) is 5.56 Å². The Hall–Kier alpha value is -2.11. The molecule has 0 heterocycles. The molecule has 0 fully saturated rings. The van der Waals surface area contributed by atoms with Crippen molar-refractivity contribution in [2.45, 2.75) is 12.7 Å². The smallest absolute Gasteiger partial charge is 0.197 e. The van der Waals surface area contributed by atoms with Crippen molar-refractivity contribution in [2.24, 2.45) is 0 Å². The van der Waals surface area contributed by atoms with Gasteiger partial charge in [-0.05, 0) is 17.7 Å². The van der Waals surface area contributed by atoms with Gasteiger partial charge in [-0.25, -0.2) is 4.39 Å². The van der Waals surface area contributed by atoms with Crippen LogP contribution in [0, 0.1) is 5.82 Å². The topological polar surface area (TPSA) is 47.9 Å². The zero-order valence-corrected chi connectivity index (χ0v) is 12.4. The van der Waals surface area contributed by atoms with Crippen molar-refractivity contribution >= 4 is 0 Å². The molecule has 0 bridgehead atoms. The van der Waals surface area contributed by atoms with Crippen LogP contribution in [-0.4, -0.2) is 31.5 Å². The quantitative estimate of drug-likeness (QED) is 0.815. The monoisotopic (exact) mass is 306 g/mol. The third-order valence-electron chi connectivity index (χ3n) is 2.99. The number of halogens is 1. The number of methoxy groups -OCH3 is 1. The van der Waals surface area contributed by atoms with E-state index >= 15 is 0 Å². The molecule has 2 rings (SSSR count). The van der Waals surface area contributed by atoms with Gasteiger partial charge in [-0.15, -0.1) is 0 Å². The predicted octanol–water partition coefficient (Wildman–Crippen LogP) is 2.79. The van der Waals surface area contributed by atoms with Crippen LogP contribution in [0.5, 0.6) is 11.5 Å². The number of benzene rings is 2. The SMILES string of the molecule is COc1cccc(F)c1OCC(O)COCc1ccccc1. The fraction of sp³-hybridized carbons (Fsp3) is 0.294. The summed E-state index contributed by atoms with van der Waals surface area (Å²) in [4.78, 5) is 0. The van der Waals surface area contributed by atoms with Gasteiger partial charge in [0, 0.05) is 0 Å². The van der Waals surface area contributed by atoms with Gasteiger partial charge in [0.05, 0.1) is 20.3 Å². The van der Waals surface area contributed by atoms with Crippen LogP contribution in [-0.2, 0) is 11.3 Å². The number of para-hydroxylation sites is 1. The van der Waals surface area contributed by atoms with Gasteiger partial charge >= 0.3 is 0 Å². The molecule has 22 heavy (non-hydrogen) atoms. The number of hydrogen-bond acceptors (Lipinski definition) is 4. The Morgan fingerprint density at radius 1 is 1.05 bits per heavy atom. The molecule has 0 aromatic heterocycles. The first-order valence-corrected chi connectivity index (χ1v) is 6.95. The van der Waals surface area contributed by atoms with Crippen molar-refractivity contribution < 1.29 is 23.7 Å². The van der Waals surface area contributed by atoms with Gasteiger partial charge in [-0.2, -0.15) is 0 Å². The Kier molecular flexibility index (Phi) is 6.18. The largest absolute Gasteiger partial charge is 0.493 e. The van der Waals surface area contributed by atoms with Crippen molar-refractivity contribution in [2.75, 3.05) is 20.3 Å². The molecule has 0 amide bonds. The summed E-state index contributed by atoms with van der Waals surface area (Å²) in [5.41, 5.74) is 1.02. The summed E-state index contributed by atoms with van der Waals surface area (Å²) in [6, 6.07) is 14.0. The van der Waals surface area contributed by atoms with Gasteiger partial charge < -0.3 is 19.3 Å². The molecule has 0 radical (unpaired) electrons. The number of hydrogen-bond donors (Lipinski definition) is 1. The van der Waals surface area contributed by atoms with E-state index in [1.807, 2.05) is 30.3 Å². The van der Waals surface area contributed by atoms with E-state index in [4.69, 9.17) is 14.2 Å². The van der Waals surface area contributed by atoms with E-state index < -0.39 is 11.9 Å². The van der Waals surface area contributed by atoms with Crippen LogP contribution in [0.3, 0.4) is 0 Å². The predicted molar refractivity (Wildman–Crippen MR) is 80.6 cm³/mol. The molecule has 1 N–H and O–H groups in total. The van der Waals surface area contributed by atoms with E-state index in [0.29, 0.717) is 6.61 Å². The maximum Gasteiger partial charge on any atom is 0.197 e. The third-order valence-corrected chi connectivity index (χ3v) is 2.99. The maximum absolute atomic E-state index is 13.6. The lowest BCUT2D eigenvalue weighted by Crippen LogP contribution is -2.23. The second-order valence-corrected chi connectivity index (χ2v) is 4.74. The van der Waals surface area contributed by atoms with E-state index in [2.05, 4.69) is 0 Å². The van der Waals surface area contributed by atoms with Crippen LogP contribution in [0.4, 0.5) is 4.39 Å². The van der Waals surface area contributed by atoms with Gasteiger partial charge in [0.1, 0.15) is 12.7 Å². The fourth-order valence-electron chi connectivity index (χ4n) is 1.90. The summed E-state index contributed by atoms with van der Waals surface area (Å²) in [6.07, 6.45) is -0.854. The number of aliphatic hydroxyl groups excluding tert-OH is 1. The van der Waals surface area contributed by atoms with Crippen molar-refractivity contribution in [1.29, 1.82) is 0 Å². The standard InChI is InChI=1S/C17H19FO4/c1-20-16-9-5-8-15(18)17(16)22-12-14(19)11-21-10-13-6-3-2-4-7-13/h2-9,14,19H,10-12H2,1H3. The van der Waals surface area contributed by atoms with Crippen molar-refractivity contribution in [3.05, 3.63) is 59.9 Å². The summed E-state index contributed by atoms with van der Waals surface area (Å²) in [5.74, 6) is -0.249. The highest BCUT2D eigenvalue weighted by atomic mass is 19.1. The molecule has 0 saturated carbocycles. The van der Waals surface area contributed by atoms with Crippen LogP contribution >= 0.6 is 0 Å². The van der Waals surface area contributed by atoms with Gasteiger partial charge in [0.15, 0.2) is 17.3 Å². The maximum atomic E-state index is 13.6. The van der Waals surface area contributed by atoms with Crippen LogP contribution in [0.2, 0.25) is 0 Å². The normalized spacial score (nSPS) is 12.0. The van der Waals surface area contributed by atoms with Gasteiger partial charge in [-0.1, -0.05) is 36.4 Å². The first-order chi connectivity index (χ1) is 10.7. The molecular weight excluding hydrogens is 287 g/mol. The molecular formula is C17H19FO4. The van der Waals surface area contributed by atoms with E-state index in [1.54, 1.807) is 6.07 Å². The number of rotatable bonds is 8. The molecule has 0 aliphatic rings. The minimum atomic E-state index is -0.854. The lowest BCUT2D eigenvalue weighted by atomic mass is 10.2. The minimum Gasteiger partial charge on any atom is -0.493 e. The molecule has 0 aliphatic heterocycles. The molecule has 2 aromatic carbocycles. The van der Waals surface area contributed by atoms with Crippen molar-refractivity contribution in [1.82, 2.24) is 0 Å². The van der Waals surface area contributed by atoms with Gasteiger partial charge in [0.2, 0.25) is 0 Å². The van der Waals surface area contributed by atoms with E-state index in [-0.39, 0.29) is 24.7 Å². The molecule has 0 spiro atoms. The summed E-state index contributed by atoms with van der Waals surface area (Å²) in [7, 11) is 1.43. The van der Waals surface area contributed by atoms with Crippen molar-refractivity contribution in [3.8, 4) is 11.5 Å². The highest BCUT2D eigenvalue weighted by molar-refractivity contribution is 5.40. The Bertz CT molecular complexity index is 574. The molecule has 2 aromatic rings. The molecule has 0 saturated heterocycles. The van der Waals surface area contributed by atoms with E-state index in [1.165, 1.54) is 19.2 Å². The highest BCUT2D eigenvalue weighted by Gasteiger charge is 2.13. The lowest BCUT2D eigenvalue weighted by molar-refractivity contribution is 0.00441. The van der Waals surface area contributed by atoms with Crippen LogP contribution in [0.25, 0.3) is 0 Å². The van der Waals surface area contributed by atoms with Crippen LogP contribution in [0.15, 0.2) is 48.5 Å². The zero-order chi connectivity index (χ0) is 15.8. The molecule has 1 atom stereocenters. The number of aliphatic hydroxyl groups is 1. The Balaban J connectivity index is 1.77. The summed E-state index contributed by atoms with van der Waals surface area (Å²) >= 11 is 0. The fourth-order valence-corrected chi connectivity index (χ4v) is 1.90. The molecule has 5 heteroatoms. The van der Waals surface area contributed by atoms with E-state index in [9.17, 15) is 9.50 Å². The first-order valence-electron chi connectivity index (χ1n) is 6.95. The second-order valence-electron chi connectivity index (χ2n) is 4.74. The highest BCUT2D eigenvalue weighted by Crippen LogP contribution is 2.29. The molecule has 0 aliphatic carbocycles. The average Bonchev–Trinajstić information content (AvgIpc) is 2.54. The summed E-state index contributed by atoms with van der Waals surface area (Å²) < 4.78 is 29.4. The number of ether oxygens (including phenoxy) is 3. The summed E-state index contributed by atoms with van der Waals surface area (Å²) in [5, 5.41) is 9.83. The first kappa shape index (κ1) is 16.3. The Morgan fingerprint density at radius 2 is 1.82 bits per heavy atom. The minimum absolute atomic E-state index is 0.00731. The Morgan fingerprint density at radius 3 is 2.55 bits per heavy atom. The average molecular weight is 306 g/mol. The Labute approximate surface area is 129 Å². The molecule has 118 valence electrons. The second kappa shape index (κ2) is 8.36. The van der Waals surface area contributed by atoms with Gasteiger partial charge in [0.25, 0.3) is 0 Å². The molecule has 4 nitrogen and oxygen atoms in total. The van der Waals surface area contributed by atoms with Gasteiger partial charge in [-0.3, -0.25) is 0 Å². The zero-order valence-electron chi connectivity index (χ0n) is 12.4.